The molecule has 2 nitrogen and oxygen atoms in total. The lowest BCUT2D eigenvalue weighted by Crippen LogP contribution is -1.85. The molecule has 0 atom stereocenters. The molecule has 0 fully saturated rings. The Morgan fingerprint density at radius 2 is 2.33 bits per heavy atom. The molecule has 2 rings (SSSR count). The smallest absolute Gasteiger partial charge is 0.125 e. The van der Waals surface area contributed by atoms with Crippen LogP contribution < -0.4 is 0 Å². The number of hydrogen-bond acceptors (Lipinski definition) is 3. The zero-order valence-corrected chi connectivity index (χ0v) is 9.39. The summed E-state index contributed by atoms with van der Waals surface area (Å²) in [4.78, 5) is 14.7. The van der Waals surface area contributed by atoms with E-state index in [4.69, 9.17) is 11.6 Å². The molecule has 0 bridgehead atoms. The summed E-state index contributed by atoms with van der Waals surface area (Å²) in [5.74, 6) is 0. The fraction of sp³-hybridized carbons (Fsp3) is 0.0909. The summed E-state index contributed by atoms with van der Waals surface area (Å²) >= 11 is 7.41. The lowest BCUT2D eigenvalue weighted by molar-refractivity contribution is -0.107. The largest absolute Gasteiger partial charge is 0.303 e. The molecule has 0 N–H and O–H groups in total. The van der Waals surface area contributed by atoms with Crippen molar-refractivity contribution in [3.63, 3.8) is 0 Å². The summed E-state index contributed by atoms with van der Waals surface area (Å²) in [6, 6.07) is 7.53. The Balaban J connectivity index is 2.32. The molecule has 0 aliphatic carbocycles. The zero-order valence-electron chi connectivity index (χ0n) is 7.81. The predicted octanol–water partition coefficient (Wildman–Crippen LogP) is 3.20. The molecular formula is C11H8ClNOS. The highest BCUT2D eigenvalue weighted by Crippen LogP contribution is 2.25. The number of nitrogens with zero attached hydrogens (tertiary/aromatic N) is 1. The number of thiazole rings is 1. The van der Waals surface area contributed by atoms with E-state index in [2.05, 4.69) is 4.98 Å². The van der Waals surface area contributed by atoms with Crippen molar-refractivity contribution in [3.8, 4) is 10.6 Å². The van der Waals surface area contributed by atoms with E-state index in [9.17, 15) is 4.79 Å². The minimum Gasteiger partial charge on any atom is -0.303 e. The van der Waals surface area contributed by atoms with Gasteiger partial charge in [-0.05, 0) is 12.1 Å². The number of hydrogen-bond donors (Lipinski definition) is 0. The molecule has 1 heterocycles. The minimum atomic E-state index is 0.372. The maximum absolute atomic E-state index is 10.3. The SMILES string of the molecule is O=CCc1csc(-c2cccc(Cl)c2)n1. The minimum absolute atomic E-state index is 0.372. The van der Waals surface area contributed by atoms with Gasteiger partial charge < -0.3 is 4.79 Å². The van der Waals surface area contributed by atoms with Crippen molar-refractivity contribution >= 4 is 29.2 Å². The fourth-order valence-electron chi connectivity index (χ4n) is 1.24. The van der Waals surface area contributed by atoms with Crippen molar-refractivity contribution in [2.45, 2.75) is 6.42 Å². The van der Waals surface area contributed by atoms with Crippen LogP contribution in [0.2, 0.25) is 5.02 Å². The molecule has 15 heavy (non-hydrogen) atoms. The van der Waals surface area contributed by atoms with E-state index in [-0.39, 0.29) is 0 Å². The summed E-state index contributed by atoms with van der Waals surface area (Å²) in [5.41, 5.74) is 1.80. The Labute approximate surface area is 96.5 Å². The Morgan fingerprint density at radius 1 is 1.47 bits per heavy atom. The Kier molecular flexibility index (Phi) is 3.14. The molecule has 2 aromatic rings. The molecule has 0 unspecified atom stereocenters. The highest BCUT2D eigenvalue weighted by Gasteiger charge is 2.04. The van der Waals surface area contributed by atoms with Crippen LogP contribution in [0.4, 0.5) is 0 Å². The molecule has 0 radical (unpaired) electrons. The van der Waals surface area contributed by atoms with E-state index >= 15 is 0 Å². The number of aromatic nitrogens is 1. The number of halogens is 1. The number of rotatable bonds is 3. The Hall–Kier alpha value is -1.19. The quantitative estimate of drug-likeness (QED) is 0.768. The lowest BCUT2D eigenvalue weighted by atomic mass is 10.2. The van der Waals surface area contributed by atoms with E-state index in [0.717, 1.165) is 22.6 Å². The molecule has 0 aliphatic heterocycles. The van der Waals surface area contributed by atoms with Crippen molar-refractivity contribution in [2.75, 3.05) is 0 Å². The van der Waals surface area contributed by atoms with Gasteiger partial charge in [0.05, 0.1) is 5.69 Å². The van der Waals surface area contributed by atoms with Gasteiger partial charge in [0.15, 0.2) is 0 Å². The first-order valence-electron chi connectivity index (χ1n) is 4.43. The monoisotopic (exact) mass is 237 g/mol. The molecular weight excluding hydrogens is 230 g/mol. The van der Waals surface area contributed by atoms with Crippen molar-refractivity contribution in [1.29, 1.82) is 0 Å². The third-order valence-electron chi connectivity index (χ3n) is 1.92. The van der Waals surface area contributed by atoms with Crippen molar-refractivity contribution < 1.29 is 4.79 Å². The van der Waals surface area contributed by atoms with Gasteiger partial charge in [0.25, 0.3) is 0 Å². The first-order valence-corrected chi connectivity index (χ1v) is 5.69. The van der Waals surface area contributed by atoms with Crippen LogP contribution in [-0.4, -0.2) is 11.3 Å². The predicted molar refractivity (Wildman–Crippen MR) is 62.3 cm³/mol. The van der Waals surface area contributed by atoms with Gasteiger partial charge in [-0.25, -0.2) is 4.98 Å². The van der Waals surface area contributed by atoms with Gasteiger partial charge >= 0.3 is 0 Å². The molecule has 76 valence electrons. The third kappa shape index (κ3) is 2.43. The summed E-state index contributed by atoms with van der Waals surface area (Å²) in [6.45, 7) is 0. The van der Waals surface area contributed by atoms with Crippen LogP contribution in [0, 0.1) is 0 Å². The van der Waals surface area contributed by atoms with Crippen LogP contribution in [0.25, 0.3) is 10.6 Å². The van der Waals surface area contributed by atoms with Crippen LogP contribution in [0.15, 0.2) is 29.6 Å². The van der Waals surface area contributed by atoms with Gasteiger partial charge in [-0.3, -0.25) is 0 Å². The normalized spacial score (nSPS) is 10.2. The van der Waals surface area contributed by atoms with E-state index < -0.39 is 0 Å². The van der Waals surface area contributed by atoms with Gasteiger partial charge in [0, 0.05) is 22.4 Å². The Morgan fingerprint density at radius 3 is 3.07 bits per heavy atom. The molecule has 0 saturated carbocycles. The second-order valence-electron chi connectivity index (χ2n) is 3.03. The summed E-state index contributed by atoms with van der Waals surface area (Å²) < 4.78 is 0. The summed E-state index contributed by atoms with van der Waals surface area (Å²) in [5, 5.41) is 3.49. The van der Waals surface area contributed by atoms with Gasteiger partial charge in [-0.1, -0.05) is 23.7 Å². The van der Waals surface area contributed by atoms with Crippen LogP contribution in [0.1, 0.15) is 5.69 Å². The van der Waals surface area contributed by atoms with Crippen LogP contribution in [0.3, 0.4) is 0 Å². The third-order valence-corrected chi connectivity index (χ3v) is 3.09. The van der Waals surface area contributed by atoms with Crippen molar-refractivity contribution in [2.24, 2.45) is 0 Å². The second kappa shape index (κ2) is 4.55. The zero-order chi connectivity index (χ0) is 10.7. The lowest BCUT2D eigenvalue weighted by Gasteiger charge is -1.95. The Bertz CT molecular complexity index is 481. The van der Waals surface area contributed by atoms with E-state index in [1.807, 2.05) is 29.6 Å². The standard InChI is InChI=1S/C11H8ClNOS/c12-9-3-1-2-8(6-9)11-13-10(4-5-14)7-15-11/h1-3,5-7H,4H2. The van der Waals surface area contributed by atoms with Gasteiger partial charge in [-0.2, -0.15) is 0 Å². The molecule has 1 aromatic carbocycles. The maximum atomic E-state index is 10.3. The van der Waals surface area contributed by atoms with Gasteiger partial charge in [-0.15, -0.1) is 11.3 Å². The molecule has 1 aromatic heterocycles. The van der Waals surface area contributed by atoms with E-state index in [0.29, 0.717) is 11.4 Å². The van der Waals surface area contributed by atoms with Crippen LogP contribution >= 0.6 is 22.9 Å². The first kappa shape index (κ1) is 10.3. The first-order chi connectivity index (χ1) is 7.29. The van der Waals surface area contributed by atoms with Crippen molar-refractivity contribution in [3.05, 3.63) is 40.4 Å². The number of carbonyl (C=O) groups excluding carboxylic acids is 1. The average Bonchev–Trinajstić information content (AvgIpc) is 2.67. The average molecular weight is 238 g/mol. The van der Waals surface area contributed by atoms with Crippen LogP contribution in [0.5, 0.6) is 0 Å². The molecule has 0 spiro atoms. The molecule has 0 saturated heterocycles. The van der Waals surface area contributed by atoms with E-state index in [1.54, 1.807) is 0 Å². The fourth-order valence-corrected chi connectivity index (χ4v) is 2.26. The second-order valence-corrected chi connectivity index (χ2v) is 4.32. The van der Waals surface area contributed by atoms with Gasteiger partial charge in [0.1, 0.15) is 11.3 Å². The molecule has 0 aliphatic rings. The van der Waals surface area contributed by atoms with Crippen molar-refractivity contribution in [1.82, 2.24) is 4.98 Å². The van der Waals surface area contributed by atoms with E-state index in [1.165, 1.54) is 11.3 Å². The highest BCUT2D eigenvalue weighted by atomic mass is 35.5. The maximum Gasteiger partial charge on any atom is 0.125 e. The molecule has 4 heteroatoms. The van der Waals surface area contributed by atoms with Crippen LogP contribution in [-0.2, 0) is 11.2 Å². The number of aldehydes is 1. The van der Waals surface area contributed by atoms with Gasteiger partial charge in [0.2, 0.25) is 0 Å². The number of benzene rings is 1. The highest BCUT2D eigenvalue weighted by molar-refractivity contribution is 7.13. The summed E-state index contributed by atoms with van der Waals surface area (Å²) in [7, 11) is 0. The molecule has 0 amide bonds. The number of carbonyl (C=O) groups is 1. The topological polar surface area (TPSA) is 30.0 Å². The summed E-state index contributed by atoms with van der Waals surface area (Å²) in [6.07, 6.45) is 1.23.